The zero-order chi connectivity index (χ0) is 10.6. The summed E-state index contributed by atoms with van der Waals surface area (Å²) in [6, 6.07) is 2.14. The highest BCUT2D eigenvalue weighted by Gasteiger charge is 2.22. The molecule has 2 N–H and O–H groups in total. The van der Waals surface area contributed by atoms with Gasteiger partial charge in [-0.2, -0.15) is 11.3 Å². The molecule has 0 amide bonds. The lowest BCUT2D eigenvalue weighted by Crippen LogP contribution is -2.48. The van der Waals surface area contributed by atoms with Gasteiger partial charge in [-0.15, -0.1) is 0 Å². The van der Waals surface area contributed by atoms with Crippen molar-refractivity contribution in [3.8, 4) is 0 Å². The average molecular weight is 213 g/mol. The van der Waals surface area contributed by atoms with E-state index in [1.807, 2.05) is 20.8 Å². The van der Waals surface area contributed by atoms with Gasteiger partial charge in [0.25, 0.3) is 0 Å². The number of hydrogen-bond acceptors (Lipinski definition) is 3. The number of aliphatic hydroxyl groups excluding tert-OH is 1. The molecule has 0 bridgehead atoms. The fourth-order valence-electron chi connectivity index (χ4n) is 1.11. The molecule has 0 aromatic carbocycles. The molecule has 0 spiro atoms. The standard InChI is InChI=1S/C11H19NOS/c1-9(13)11(2,3)12-6-4-10-5-7-14-8-10/h5,7-9,12-13H,4,6H2,1-3H3. The molecule has 0 fully saturated rings. The molecule has 80 valence electrons. The molecular formula is C11H19NOS. The molecule has 1 aromatic heterocycles. The van der Waals surface area contributed by atoms with Gasteiger partial charge >= 0.3 is 0 Å². The van der Waals surface area contributed by atoms with Crippen LogP contribution in [-0.2, 0) is 6.42 Å². The monoisotopic (exact) mass is 213 g/mol. The Bertz CT molecular complexity index is 254. The topological polar surface area (TPSA) is 32.3 Å². The predicted molar refractivity (Wildman–Crippen MR) is 61.8 cm³/mol. The van der Waals surface area contributed by atoms with Gasteiger partial charge in [0.15, 0.2) is 0 Å². The maximum Gasteiger partial charge on any atom is 0.0688 e. The maximum absolute atomic E-state index is 9.48. The van der Waals surface area contributed by atoms with Gasteiger partial charge in [-0.05, 0) is 56.1 Å². The summed E-state index contributed by atoms with van der Waals surface area (Å²) >= 11 is 1.73. The van der Waals surface area contributed by atoms with Crippen molar-refractivity contribution in [2.75, 3.05) is 6.54 Å². The highest BCUT2D eigenvalue weighted by Crippen LogP contribution is 2.10. The highest BCUT2D eigenvalue weighted by molar-refractivity contribution is 7.07. The molecule has 3 heteroatoms. The van der Waals surface area contributed by atoms with Crippen LogP contribution in [0.25, 0.3) is 0 Å². The number of thiophene rings is 1. The molecule has 0 radical (unpaired) electrons. The van der Waals surface area contributed by atoms with Gasteiger partial charge in [0.2, 0.25) is 0 Å². The minimum atomic E-state index is -0.329. The molecule has 14 heavy (non-hydrogen) atoms. The third-order valence-corrected chi connectivity index (χ3v) is 3.35. The van der Waals surface area contributed by atoms with Gasteiger partial charge in [0, 0.05) is 5.54 Å². The third kappa shape index (κ3) is 3.40. The molecule has 1 aromatic rings. The summed E-state index contributed by atoms with van der Waals surface area (Å²) in [5.74, 6) is 0. The Kier molecular flexibility index (Phi) is 4.11. The highest BCUT2D eigenvalue weighted by atomic mass is 32.1. The third-order valence-electron chi connectivity index (χ3n) is 2.62. The van der Waals surface area contributed by atoms with Crippen LogP contribution in [0.3, 0.4) is 0 Å². The van der Waals surface area contributed by atoms with Crippen LogP contribution in [0.5, 0.6) is 0 Å². The summed E-state index contributed by atoms with van der Waals surface area (Å²) in [5, 5.41) is 17.1. The summed E-state index contributed by atoms with van der Waals surface area (Å²) in [6.07, 6.45) is 0.699. The first kappa shape index (κ1) is 11.7. The molecule has 1 unspecified atom stereocenters. The maximum atomic E-state index is 9.48. The molecule has 0 aliphatic rings. The molecule has 2 nitrogen and oxygen atoms in total. The minimum absolute atomic E-state index is 0.198. The average Bonchev–Trinajstić information content (AvgIpc) is 2.56. The van der Waals surface area contributed by atoms with Crippen molar-refractivity contribution in [1.29, 1.82) is 0 Å². The Labute approximate surface area is 90.0 Å². The quantitative estimate of drug-likeness (QED) is 0.784. The lowest BCUT2D eigenvalue weighted by molar-refractivity contribution is 0.0973. The van der Waals surface area contributed by atoms with Crippen molar-refractivity contribution < 1.29 is 5.11 Å². The predicted octanol–water partition coefficient (Wildman–Crippen LogP) is 2.04. The molecule has 0 aliphatic carbocycles. The first-order chi connectivity index (χ1) is 6.52. The van der Waals surface area contributed by atoms with Crippen LogP contribution in [0.15, 0.2) is 16.8 Å². The zero-order valence-electron chi connectivity index (χ0n) is 9.08. The summed E-state index contributed by atoms with van der Waals surface area (Å²) < 4.78 is 0. The first-order valence-electron chi connectivity index (χ1n) is 4.96. The van der Waals surface area contributed by atoms with Crippen LogP contribution in [-0.4, -0.2) is 23.3 Å². The van der Waals surface area contributed by atoms with Crippen LogP contribution in [0.4, 0.5) is 0 Å². The number of aliphatic hydroxyl groups is 1. The molecular weight excluding hydrogens is 194 g/mol. The lowest BCUT2D eigenvalue weighted by atomic mass is 9.98. The fraction of sp³-hybridized carbons (Fsp3) is 0.636. The lowest BCUT2D eigenvalue weighted by Gasteiger charge is -2.29. The molecule has 1 atom stereocenters. The Hall–Kier alpha value is -0.380. The normalized spacial score (nSPS) is 14.3. The zero-order valence-corrected chi connectivity index (χ0v) is 9.90. The number of nitrogens with one attached hydrogen (secondary N) is 1. The van der Waals surface area contributed by atoms with Gasteiger partial charge in [0.1, 0.15) is 0 Å². The number of hydrogen-bond donors (Lipinski definition) is 2. The molecule has 1 heterocycles. The second-order valence-electron chi connectivity index (χ2n) is 4.21. The van der Waals surface area contributed by atoms with Crippen molar-refractivity contribution >= 4 is 11.3 Å². The Balaban J connectivity index is 2.28. The molecule has 1 rings (SSSR count). The summed E-state index contributed by atoms with van der Waals surface area (Å²) in [7, 11) is 0. The minimum Gasteiger partial charge on any atom is -0.392 e. The van der Waals surface area contributed by atoms with Crippen LogP contribution >= 0.6 is 11.3 Å². The van der Waals surface area contributed by atoms with E-state index in [-0.39, 0.29) is 11.6 Å². The largest absolute Gasteiger partial charge is 0.392 e. The Morgan fingerprint density at radius 1 is 1.57 bits per heavy atom. The van der Waals surface area contributed by atoms with E-state index in [2.05, 4.69) is 22.1 Å². The van der Waals surface area contributed by atoms with Crippen LogP contribution in [0, 0.1) is 0 Å². The van der Waals surface area contributed by atoms with E-state index in [1.54, 1.807) is 11.3 Å². The number of rotatable bonds is 5. The van der Waals surface area contributed by atoms with E-state index >= 15 is 0 Å². The summed E-state index contributed by atoms with van der Waals surface area (Å²) in [5.41, 5.74) is 1.17. The van der Waals surface area contributed by atoms with Crippen LogP contribution < -0.4 is 5.32 Å². The van der Waals surface area contributed by atoms with E-state index in [0.29, 0.717) is 0 Å². The molecule has 0 saturated carbocycles. The van der Waals surface area contributed by atoms with E-state index in [9.17, 15) is 5.11 Å². The first-order valence-corrected chi connectivity index (χ1v) is 5.91. The SMILES string of the molecule is CC(O)C(C)(C)NCCc1ccsc1. The van der Waals surface area contributed by atoms with Crippen LogP contribution in [0.2, 0.25) is 0 Å². The fourth-order valence-corrected chi connectivity index (χ4v) is 1.81. The summed E-state index contributed by atoms with van der Waals surface area (Å²) in [6.45, 7) is 6.77. The smallest absolute Gasteiger partial charge is 0.0688 e. The van der Waals surface area contributed by atoms with E-state index in [4.69, 9.17) is 0 Å². The van der Waals surface area contributed by atoms with Crippen molar-refractivity contribution in [2.24, 2.45) is 0 Å². The second-order valence-corrected chi connectivity index (χ2v) is 4.99. The Morgan fingerprint density at radius 2 is 2.29 bits per heavy atom. The van der Waals surface area contributed by atoms with Gasteiger partial charge in [0.05, 0.1) is 6.10 Å². The summed E-state index contributed by atoms with van der Waals surface area (Å²) in [4.78, 5) is 0. The van der Waals surface area contributed by atoms with Crippen molar-refractivity contribution in [2.45, 2.75) is 38.8 Å². The van der Waals surface area contributed by atoms with Crippen molar-refractivity contribution in [1.82, 2.24) is 5.32 Å². The van der Waals surface area contributed by atoms with E-state index in [0.717, 1.165) is 13.0 Å². The molecule has 0 aliphatic heterocycles. The van der Waals surface area contributed by atoms with Gasteiger partial charge in [-0.25, -0.2) is 0 Å². The van der Waals surface area contributed by atoms with Crippen molar-refractivity contribution in [3.63, 3.8) is 0 Å². The Morgan fingerprint density at radius 3 is 2.79 bits per heavy atom. The molecule has 0 saturated heterocycles. The second kappa shape index (κ2) is 4.91. The van der Waals surface area contributed by atoms with E-state index < -0.39 is 0 Å². The van der Waals surface area contributed by atoms with Gasteiger partial charge in [-0.1, -0.05) is 0 Å². The van der Waals surface area contributed by atoms with E-state index in [1.165, 1.54) is 5.56 Å². The van der Waals surface area contributed by atoms with Crippen molar-refractivity contribution in [3.05, 3.63) is 22.4 Å². The van der Waals surface area contributed by atoms with Crippen LogP contribution in [0.1, 0.15) is 26.3 Å². The van der Waals surface area contributed by atoms with Gasteiger partial charge < -0.3 is 10.4 Å². The van der Waals surface area contributed by atoms with Gasteiger partial charge in [-0.3, -0.25) is 0 Å².